The van der Waals surface area contributed by atoms with Crippen LogP contribution < -0.4 is 10.1 Å². The molecule has 4 heterocycles. The number of rotatable bonds is 9. The van der Waals surface area contributed by atoms with E-state index in [4.69, 9.17) is 4.74 Å². The van der Waals surface area contributed by atoms with Crippen molar-refractivity contribution >= 4 is 27.0 Å². The summed E-state index contributed by atoms with van der Waals surface area (Å²) in [4.78, 5) is 22.0. The van der Waals surface area contributed by atoms with E-state index in [0.29, 0.717) is 18.5 Å². The largest absolute Gasteiger partial charge is 0.472 e. The Balaban J connectivity index is 1.45. The monoisotopic (exact) mass is 667 g/mol. The van der Waals surface area contributed by atoms with Crippen molar-refractivity contribution in [2.75, 3.05) is 6.54 Å². The van der Waals surface area contributed by atoms with Gasteiger partial charge in [-0.25, -0.2) is 18.1 Å². The van der Waals surface area contributed by atoms with Crippen LogP contribution >= 0.6 is 0 Å². The van der Waals surface area contributed by atoms with Gasteiger partial charge in [0.2, 0.25) is 15.9 Å². The number of hydrogen-bond acceptors (Lipinski definition) is 8. The second kappa shape index (κ2) is 13.1. The molecule has 0 radical (unpaired) electrons. The van der Waals surface area contributed by atoms with Gasteiger partial charge in [-0.15, -0.1) is 5.10 Å². The number of carbonyl (C=O) groups excluding carboxylic acids is 1. The van der Waals surface area contributed by atoms with Gasteiger partial charge in [0.1, 0.15) is 16.5 Å². The third-order valence-corrected chi connectivity index (χ3v) is 11.0. The molecular formula is C36H41N7O4S. The molecule has 6 rings (SSSR count). The van der Waals surface area contributed by atoms with Crippen LogP contribution in [0.15, 0.2) is 78.1 Å². The minimum absolute atomic E-state index is 0.0657. The highest BCUT2D eigenvalue weighted by Gasteiger charge is 2.38. The zero-order valence-electron chi connectivity index (χ0n) is 28.1. The van der Waals surface area contributed by atoms with Crippen molar-refractivity contribution in [3.05, 3.63) is 107 Å². The highest BCUT2D eigenvalue weighted by molar-refractivity contribution is 7.89. The van der Waals surface area contributed by atoms with Crippen LogP contribution in [0, 0.1) is 13.8 Å². The quantitative estimate of drug-likeness (QED) is 0.216. The van der Waals surface area contributed by atoms with E-state index in [1.807, 2.05) is 58.4 Å². The number of sulfonamides is 1. The SMILES string of the molecule is CC[C@@H]1CN(Cc2cc([C@@H](c3ccc4c(nnn4CC)c3C)C(C)(C)NC(=O)c3cccnc3)ccc2C)S(=O)(=O)c2cccnc2O1. The highest BCUT2D eigenvalue weighted by Crippen LogP contribution is 2.40. The summed E-state index contributed by atoms with van der Waals surface area (Å²) in [5.41, 5.74) is 6.07. The van der Waals surface area contributed by atoms with E-state index in [-0.39, 0.29) is 41.8 Å². The Morgan fingerprint density at radius 3 is 2.60 bits per heavy atom. The fourth-order valence-electron chi connectivity index (χ4n) is 6.56. The van der Waals surface area contributed by atoms with Gasteiger partial charge in [-0.05, 0) is 99.2 Å². The van der Waals surface area contributed by atoms with Gasteiger partial charge in [0.25, 0.3) is 5.91 Å². The maximum Gasteiger partial charge on any atom is 0.253 e. The molecule has 11 nitrogen and oxygen atoms in total. The average molecular weight is 668 g/mol. The highest BCUT2D eigenvalue weighted by atomic mass is 32.2. The maximum absolute atomic E-state index is 14.0. The molecule has 12 heteroatoms. The minimum atomic E-state index is -3.90. The number of ether oxygens (including phenoxy) is 1. The van der Waals surface area contributed by atoms with Gasteiger partial charge in [0.15, 0.2) is 0 Å². The number of amides is 1. The number of nitrogens with one attached hydrogen (secondary N) is 1. The smallest absolute Gasteiger partial charge is 0.253 e. The molecule has 0 spiro atoms. The Labute approximate surface area is 281 Å². The summed E-state index contributed by atoms with van der Waals surface area (Å²) in [7, 11) is -3.90. The summed E-state index contributed by atoms with van der Waals surface area (Å²) in [6, 6.07) is 16.9. The number of aromatic nitrogens is 5. The lowest BCUT2D eigenvalue weighted by molar-refractivity contribution is 0.0905. The molecule has 1 amide bonds. The Morgan fingerprint density at radius 1 is 1.08 bits per heavy atom. The first kappa shape index (κ1) is 33.2. The molecule has 0 saturated carbocycles. The van der Waals surface area contributed by atoms with Crippen LogP contribution in [-0.2, 0) is 23.1 Å². The summed E-state index contributed by atoms with van der Waals surface area (Å²) >= 11 is 0. The average Bonchev–Trinajstić information content (AvgIpc) is 3.46. The molecule has 3 aromatic heterocycles. The van der Waals surface area contributed by atoms with Gasteiger partial charge < -0.3 is 10.1 Å². The van der Waals surface area contributed by atoms with E-state index in [1.54, 1.807) is 42.9 Å². The molecule has 2 aromatic carbocycles. The van der Waals surface area contributed by atoms with Crippen molar-refractivity contribution in [1.82, 2.24) is 34.6 Å². The van der Waals surface area contributed by atoms with Crippen molar-refractivity contribution in [2.24, 2.45) is 0 Å². The van der Waals surface area contributed by atoms with E-state index in [2.05, 4.69) is 43.8 Å². The molecule has 0 bridgehead atoms. The van der Waals surface area contributed by atoms with E-state index in [1.165, 1.54) is 4.31 Å². The van der Waals surface area contributed by atoms with Crippen LogP contribution in [0.5, 0.6) is 5.88 Å². The molecule has 1 N–H and O–H groups in total. The summed E-state index contributed by atoms with van der Waals surface area (Å²) < 4.78 is 37.4. The minimum Gasteiger partial charge on any atom is -0.472 e. The molecule has 0 unspecified atom stereocenters. The zero-order valence-corrected chi connectivity index (χ0v) is 29.0. The predicted molar refractivity (Wildman–Crippen MR) is 183 cm³/mol. The Hall–Kier alpha value is -4.68. The molecule has 1 aliphatic rings. The maximum atomic E-state index is 14.0. The number of hydrogen-bond donors (Lipinski definition) is 1. The lowest BCUT2D eigenvalue weighted by Gasteiger charge is -2.37. The van der Waals surface area contributed by atoms with Crippen LogP contribution in [0.25, 0.3) is 11.0 Å². The lowest BCUT2D eigenvalue weighted by atomic mass is 9.74. The van der Waals surface area contributed by atoms with Crippen molar-refractivity contribution < 1.29 is 17.9 Å². The van der Waals surface area contributed by atoms with Crippen LogP contribution in [0.2, 0.25) is 0 Å². The third kappa shape index (κ3) is 6.17. The first-order valence-electron chi connectivity index (χ1n) is 16.2. The first-order valence-corrected chi connectivity index (χ1v) is 17.6. The second-order valence-electron chi connectivity index (χ2n) is 12.8. The fourth-order valence-corrected chi connectivity index (χ4v) is 8.08. The topological polar surface area (TPSA) is 132 Å². The molecule has 0 saturated heterocycles. The van der Waals surface area contributed by atoms with Crippen LogP contribution in [0.1, 0.15) is 78.2 Å². The van der Waals surface area contributed by atoms with E-state index >= 15 is 0 Å². The van der Waals surface area contributed by atoms with Crippen molar-refractivity contribution in [3.8, 4) is 5.88 Å². The molecular weight excluding hydrogens is 627 g/mol. The number of carbonyl (C=O) groups is 1. The van der Waals surface area contributed by atoms with Crippen LogP contribution in [0.4, 0.5) is 0 Å². The standard InChI is InChI=1S/C36H41N7O4S/c1-7-28-22-42(48(45,46)31-12-10-18-38-35(31)47-28)21-27-19-25(14-13-23(27)3)32(36(5,6)39-34(44)26-11-9-17-37-20-26)29-15-16-30-33(24(29)4)40-41-43(30)8-2/h9-20,28,32H,7-8,21-22H2,1-6H3,(H,39,44)/t28-,32+/m1/s1. The van der Waals surface area contributed by atoms with Crippen LogP contribution in [0.3, 0.4) is 0 Å². The van der Waals surface area contributed by atoms with Crippen molar-refractivity contribution in [3.63, 3.8) is 0 Å². The number of aryl methyl sites for hydroxylation is 3. The van der Waals surface area contributed by atoms with E-state index in [9.17, 15) is 13.2 Å². The Bertz CT molecular complexity index is 2080. The zero-order chi connectivity index (χ0) is 34.2. The summed E-state index contributed by atoms with van der Waals surface area (Å²) in [5.74, 6) is -0.449. The molecule has 0 fully saturated rings. The molecule has 1 aliphatic heterocycles. The van der Waals surface area contributed by atoms with E-state index < -0.39 is 15.6 Å². The summed E-state index contributed by atoms with van der Waals surface area (Å²) in [6.07, 6.45) is 5.00. The first-order chi connectivity index (χ1) is 22.9. The fraction of sp³-hybridized carbons (Fsp3) is 0.361. The van der Waals surface area contributed by atoms with Crippen LogP contribution in [-0.4, -0.2) is 61.8 Å². The molecule has 0 aliphatic carbocycles. The normalized spacial score (nSPS) is 16.9. The number of benzene rings is 2. The number of nitrogens with zero attached hydrogens (tertiary/aromatic N) is 6. The van der Waals surface area contributed by atoms with Gasteiger partial charge in [-0.1, -0.05) is 36.4 Å². The van der Waals surface area contributed by atoms with Gasteiger partial charge >= 0.3 is 0 Å². The number of pyridine rings is 2. The Morgan fingerprint density at radius 2 is 1.88 bits per heavy atom. The molecule has 48 heavy (non-hydrogen) atoms. The Kier molecular flexibility index (Phi) is 9.06. The predicted octanol–water partition coefficient (Wildman–Crippen LogP) is 5.56. The van der Waals surface area contributed by atoms with Gasteiger partial charge in [0.05, 0.1) is 17.6 Å². The van der Waals surface area contributed by atoms with Gasteiger partial charge in [0, 0.05) is 43.1 Å². The summed E-state index contributed by atoms with van der Waals surface area (Å²) in [6.45, 7) is 13.1. The molecule has 250 valence electrons. The van der Waals surface area contributed by atoms with E-state index in [0.717, 1.165) is 38.9 Å². The van der Waals surface area contributed by atoms with Crippen molar-refractivity contribution in [2.45, 2.75) is 83.5 Å². The third-order valence-electron chi connectivity index (χ3n) is 9.22. The van der Waals surface area contributed by atoms with Gasteiger partial charge in [-0.3, -0.25) is 9.78 Å². The van der Waals surface area contributed by atoms with Gasteiger partial charge in [-0.2, -0.15) is 4.31 Å². The summed E-state index contributed by atoms with van der Waals surface area (Å²) in [5, 5.41) is 12.1. The lowest BCUT2D eigenvalue weighted by Crippen LogP contribution is -2.48. The van der Waals surface area contributed by atoms with Crippen molar-refractivity contribution in [1.29, 1.82) is 0 Å². The second-order valence-corrected chi connectivity index (χ2v) is 14.7. The molecule has 5 aromatic rings. The molecule has 2 atom stereocenters. The number of fused-ring (bicyclic) bond motifs is 2.